The van der Waals surface area contributed by atoms with Gasteiger partial charge in [-0.05, 0) is 37.6 Å². The maximum atomic E-state index is 12.3. The monoisotopic (exact) mass is 275 g/mol. The molecular formula is C14H17N3OS. The Morgan fingerprint density at radius 2 is 2.32 bits per heavy atom. The molecule has 1 unspecified atom stereocenters. The average molecular weight is 275 g/mol. The first-order valence-electron chi connectivity index (χ1n) is 6.51. The number of carbonyl (C=O) groups is 1. The van der Waals surface area contributed by atoms with Gasteiger partial charge < -0.3 is 10.3 Å². The van der Waals surface area contributed by atoms with E-state index in [4.69, 9.17) is 0 Å². The van der Waals surface area contributed by atoms with Crippen LogP contribution in [0.4, 0.5) is 5.69 Å². The highest BCUT2D eigenvalue weighted by Gasteiger charge is 2.27. The van der Waals surface area contributed by atoms with Crippen molar-refractivity contribution in [2.75, 3.05) is 5.32 Å². The summed E-state index contributed by atoms with van der Waals surface area (Å²) in [5.41, 5.74) is 4.34. The van der Waals surface area contributed by atoms with Crippen molar-refractivity contribution in [2.24, 2.45) is 5.92 Å². The van der Waals surface area contributed by atoms with Crippen LogP contribution in [0.3, 0.4) is 0 Å². The van der Waals surface area contributed by atoms with E-state index in [0.717, 1.165) is 47.7 Å². The smallest absolute Gasteiger partial charge is 0.227 e. The molecule has 0 radical (unpaired) electrons. The van der Waals surface area contributed by atoms with E-state index >= 15 is 0 Å². The number of nitrogens with zero attached hydrogens (tertiary/aromatic N) is 1. The van der Waals surface area contributed by atoms with Crippen molar-refractivity contribution in [1.82, 2.24) is 9.97 Å². The Labute approximate surface area is 116 Å². The predicted octanol–water partition coefficient (Wildman–Crippen LogP) is 2.83. The Balaban J connectivity index is 1.71. The zero-order valence-corrected chi connectivity index (χ0v) is 11.9. The number of aromatic amines is 1. The van der Waals surface area contributed by atoms with Gasteiger partial charge in [-0.2, -0.15) is 0 Å². The quantitative estimate of drug-likeness (QED) is 0.885. The number of aromatic nitrogens is 2. The van der Waals surface area contributed by atoms with Crippen molar-refractivity contribution < 1.29 is 4.79 Å². The maximum absolute atomic E-state index is 12.3. The van der Waals surface area contributed by atoms with E-state index < -0.39 is 0 Å². The van der Waals surface area contributed by atoms with Crippen molar-refractivity contribution in [2.45, 2.75) is 33.1 Å². The summed E-state index contributed by atoms with van der Waals surface area (Å²) < 4.78 is 0. The number of hydrogen-bond acceptors (Lipinski definition) is 3. The Kier molecular flexibility index (Phi) is 3.14. The van der Waals surface area contributed by atoms with Crippen molar-refractivity contribution in [3.05, 3.63) is 33.5 Å². The number of H-pyrrole nitrogens is 1. The third kappa shape index (κ3) is 2.42. The number of aryl methyl sites for hydroxylation is 3. The Bertz CT molecular complexity index is 614. The normalized spacial score (nSPS) is 18.1. The molecule has 2 N–H and O–H groups in total. The molecule has 0 fully saturated rings. The van der Waals surface area contributed by atoms with Crippen molar-refractivity contribution in [3.63, 3.8) is 0 Å². The van der Waals surface area contributed by atoms with Crippen LogP contribution in [0.2, 0.25) is 0 Å². The van der Waals surface area contributed by atoms with Crippen LogP contribution in [0.5, 0.6) is 0 Å². The second kappa shape index (κ2) is 4.81. The fourth-order valence-corrected chi connectivity index (χ4v) is 3.35. The summed E-state index contributed by atoms with van der Waals surface area (Å²) in [6, 6.07) is 0. The minimum absolute atomic E-state index is 0.0478. The molecule has 0 aromatic carbocycles. The molecule has 3 rings (SSSR count). The number of amides is 1. The second-order valence-corrected chi connectivity index (χ2v) is 5.89. The number of hydrogen-bond donors (Lipinski definition) is 2. The zero-order chi connectivity index (χ0) is 13.4. The highest BCUT2D eigenvalue weighted by molar-refractivity contribution is 7.08. The fourth-order valence-electron chi connectivity index (χ4n) is 2.57. The summed E-state index contributed by atoms with van der Waals surface area (Å²) in [6.45, 7) is 3.98. The van der Waals surface area contributed by atoms with E-state index in [1.807, 2.05) is 24.6 Å². The SMILES string of the molecule is Cc1nc2c([nH]1)CC(C(=O)Nc1cscc1C)CC2. The lowest BCUT2D eigenvalue weighted by molar-refractivity contribution is -0.120. The number of imidazole rings is 1. The van der Waals surface area contributed by atoms with Gasteiger partial charge >= 0.3 is 0 Å². The molecule has 100 valence electrons. The summed E-state index contributed by atoms with van der Waals surface area (Å²) >= 11 is 1.62. The highest BCUT2D eigenvalue weighted by atomic mass is 32.1. The largest absolute Gasteiger partial charge is 0.346 e. The van der Waals surface area contributed by atoms with Gasteiger partial charge in [0.2, 0.25) is 5.91 Å². The van der Waals surface area contributed by atoms with E-state index in [1.165, 1.54) is 0 Å². The first-order valence-corrected chi connectivity index (χ1v) is 7.46. The fraction of sp³-hybridized carbons (Fsp3) is 0.429. The van der Waals surface area contributed by atoms with Crippen LogP contribution in [-0.4, -0.2) is 15.9 Å². The first kappa shape index (κ1) is 12.4. The number of anilines is 1. The van der Waals surface area contributed by atoms with Gasteiger partial charge in [-0.3, -0.25) is 4.79 Å². The molecule has 0 saturated heterocycles. The molecule has 4 nitrogen and oxygen atoms in total. The summed E-state index contributed by atoms with van der Waals surface area (Å²) in [7, 11) is 0. The number of nitrogens with one attached hydrogen (secondary N) is 2. The summed E-state index contributed by atoms with van der Waals surface area (Å²) in [6.07, 6.45) is 2.54. The van der Waals surface area contributed by atoms with Gasteiger partial charge in [0, 0.05) is 23.4 Å². The third-order valence-electron chi connectivity index (χ3n) is 3.65. The van der Waals surface area contributed by atoms with Gasteiger partial charge in [-0.1, -0.05) is 0 Å². The summed E-state index contributed by atoms with van der Waals surface area (Å²) in [5, 5.41) is 7.07. The van der Waals surface area contributed by atoms with E-state index in [2.05, 4.69) is 15.3 Å². The van der Waals surface area contributed by atoms with Gasteiger partial charge in [0.05, 0.1) is 11.4 Å². The summed E-state index contributed by atoms with van der Waals surface area (Å²) in [4.78, 5) is 20.0. The van der Waals surface area contributed by atoms with Crippen molar-refractivity contribution in [1.29, 1.82) is 0 Å². The second-order valence-electron chi connectivity index (χ2n) is 5.14. The lowest BCUT2D eigenvalue weighted by Gasteiger charge is -2.20. The lowest BCUT2D eigenvalue weighted by atomic mass is 9.89. The number of fused-ring (bicyclic) bond motifs is 1. The summed E-state index contributed by atoms with van der Waals surface area (Å²) in [5.74, 6) is 1.12. The van der Waals surface area contributed by atoms with Crippen LogP contribution >= 0.6 is 11.3 Å². The minimum Gasteiger partial charge on any atom is -0.346 e. The molecule has 1 atom stereocenters. The number of carbonyl (C=O) groups excluding carboxylic acids is 1. The van der Waals surface area contributed by atoms with E-state index in [-0.39, 0.29) is 11.8 Å². The van der Waals surface area contributed by atoms with E-state index in [1.54, 1.807) is 11.3 Å². The minimum atomic E-state index is 0.0478. The molecular weight excluding hydrogens is 258 g/mol. The molecule has 2 aromatic rings. The number of rotatable bonds is 2. The highest BCUT2D eigenvalue weighted by Crippen LogP contribution is 2.26. The average Bonchev–Trinajstić information content (AvgIpc) is 2.93. The van der Waals surface area contributed by atoms with Crippen molar-refractivity contribution in [3.8, 4) is 0 Å². The standard InChI is InChI=1S/C14H17N3OS/c1-8-6-19-7-13(8)17-14(18)10-3-4-11-12(5-10)16-9(2)15-11/h6-7,10H,3-5H2,1-2H3,(H,15,16)(H,17,18). The molecule has 5 heteroatoms. The molecule has 19 heavy (non-hydrogen) atoms. The molecule has 0 aliphatic heterocycles. The molecule has 2 heterocycles. The van der Waals surface area contributed by atoms with Gasteiger partial charge in [0.1, 0.15) is 5.82 Å². The van der Waals surface area contributed by atoms with Crippen LogP contribution in [-0.2, 0) is 17.6 Å². The van der Waals surface area contributed by atoms with E-state index in [0.29, 0.717) is 0 Å². The van der Waals surface area contributed by atoms with Gasteiger partial charge in [-0.25, -0.2) is 4.98 Å². The van der Waals surface area contributed by atoms with Crippen LogP contribution in [0, 0.1) is 19.8 Å². The maximum Gasteiger partial charge on any atom is 0.227 e. The van der Waals surface area contributed by atoms with E-state index in [9.17, 15) is 4.79 Å². The molecule has 2 aromatic heterocycles. The number of thiophene rings is 1. The van der Waals surface area contributed by atoms with Crippen LogP contribution in [0.25, 0.3) is 0 Å². The van der Waals surface area contributed by atoms with Gasteiger partial charge in [-0.15, -0.1) is 11.3 Å². The van der Waals surface area contributed by atoms with Gasteiger partial charge in [0.25, 0.3) is 0 Å². The van der Waals surface area contributed by atoms with Crippen LogP contribution in [0.15, 0.2) is 10.8 Å². The molecule has 0 bridgehead atoms. The van der Waals surface area contributed by atoms with Gasteiger partial charge in [0.15, 0.2) is 0 Å². The Morgan fingerprint density at radius 3 is 3.05 bits per heavy atom. The van der Waals surface area contributed by atoms with Crippen molar-refractivity contribution >= 4 is 22.9 Å². The lowest BCUT2D eigenvalue weighted by Crippen LogP contribution is -2.28. The molecule has 1 aliphatic carbocycles. The molecule has 0 saturated carbocycles. The van der Waals surface area contributed by atoms with Crippen LogP contribution in [0.1, 0.15) is 29.2 Å². The third-order valence-corrected chi connectivity index (χ3v) is 4.51. The predicted molar refractivity (Wildman–Crippen MR) is 76.5 cm³/mol. The molecule has 0 spiro atoms. The Hall–Kier alpha value is -1.62. The zero-order valence-electron chi connectivity index (χ0n) is 11.1. The molecule has 1 aliphatic rings. The molecule has 1 amide bonds. The first-order chi connectivity index (χ1) is 9.13. The topological polar surface area (TPSA) is 57.8 Å². The van der Waals surface area contributed by atoms with Crippen LogP contribution < -0.4 is 5.32 Å². The Morgan fingerprint density at radius 1 is 1.47 bits per heavy atom.